The van der Waals surface area contributed by atoms with Gasteiger partial charge in [0.25, 0.3) is 5.91 Å². The maximum absolute atomic E-state index is 12.4. The second-order valence-corrected chi connectivity index (χ2v) is 6.65. The molecule has 0 saturated carbocycles. The van der Waals surface area contributed by atoms with E-state index in [1.54, 1.807) is 24.3 Å². The third kappa shape index (κ3) is 4.66. The van der Waals surface area contributed by atoms with E-state index >= 15 is 0 Å². The van der Waals surface area contributed by atoms with E-state index in [1.807, 2.05) is 6.92 Å². The fraction of sp³-hybridized carbons (Fsp3) is 0.474. The largest absolute Gasteiger partial charge is 0.485 e. The smallest absolute Gasteiger partial charge is 0.311 e. The summed E-state index contributed by atoms with van der Waals surface area (Å²) in [5.41, 5.74) is -0.549. The molecule has 1 amide bonds. The van der Waals surface area contributed by atoms with Crippen molar-refractivity contribution in [3.8, 4) is 5.75 Å². The Morgan fingerprint density at radius 3 is 2.57 bits per heavy atom. The van der Waals surface area contributed by atoms with Gasteiger partial charge in [-0.25, -0.2) is 0 Å². The predicted octanol–water partition coefficient (Wildman–Crippen LogP) is 1.82. The molecule has 1 aromatic heterocycles. The maximum Gasteiger partial charge on any atom is 0.311 e. The highest BCUT2D eigenvalue weighted by Crippen LogP contribution is 2.30. The van der Waals surface area contributed by atoms with E-state index in [1.165, 1.54) is 0 Å². The number of carboxylic acid groups (broad SMARTS) is 1. The standard InChI is InChI=1S/C19H23N3O6/c1-2-16-21-15(22-28-16)11-27-14-5-3-13(4-6-14)17(23)20-12-19(18(24)25)7-9-26-10-8-19/h3-6H,2,7-12H2,1H3,(H,20,23)(H,24,25). The molecule has 150 valence electrons. The maximum atomic E-state index is 12.4. The monoisotopic (exact) mass is 389 g/mol. The van der Waals surface area contributed by atoms with Crippen molar-refractivity contribution in [2.45, 2.75) is 32.8 Å². The number of aromatic nitrogens is 2. The van der Waals surface area contributed by atoms with Crippen LogP contribution in [-0.2, 0) is 22.6 Å². The summed E-state index contributed by atoms with van der Waals surface area (Å²) in [4.78, 5) is 28.2. The second-order valence-electron chi connectivity index (χ2n) is 6.65. The molecule has 1 aromatic carbocycles. The van der Waals surface area contributed by atoms with Gasteiger partial charge in [0, 0.05) is 31.7 Å². The number of hydrogen-bond acceptors (Lipinski definition) is 7. The van der Waals surface area contributed by atoms with Crippen LogP contribution in [0.3, 0.4) is 0 Å². The minimum atomic E-state index is -0.973. The molecule has 2 aromatic rings. The normalized spacial score (nSPS) is 15.8. The van der Waals surface area contributed by atoms with Gasteiger partial charge in [0.2, 0.25) is 11.7 Å². The summed E-state index contributed by atoms with van der Waals surface area (Å²) in [5.74, 6) is 0.325. The number of carbonyl (C=O) groups is 2. The molecule has 0 radical (unpaired) electrons. The predicted molar refractivity (Wildman–Crippen MR) is 96.9 cm³/mol. The van der Waals surface area contributed by atoms with Gasteiger partial charge in [-0.2, -0.15) is 4.98 Å². The summed E-state index contributed by atoms with van der Waals surface area (Å²) in [6.45, 7) is 2.92. The Kier molecular flexibility index (Phi) is 6.25. The second kappa shape index (κ2) is 8.83. The fourth-order valence-electron chi connectivity index (χ4n) is 2.92. The average Bonchev–Trinajstić information content (AvgIpc) is 3.19. The molecule has 0 spiro atoms. The summed E-state index contributed by atoms with van der Waals surface area (Å²) >= 11 is 0. The molecule has 1 saturated heterocycles. The van der Waals surface area contributed by atoms with E-state index in [-0.39, 0.29) is 19.1 Å². The van der Waals surface area contributed by atoms with Gasteiger partial charge in [0.05, 0.1) is 5.41 Å². The minimum Gasteiger partial charge on any atom is -0.485 e. The summed E-state index contributed by atoms with van der Waals surface area (Å²) in [7, 11) is 0. The van der Waals surface area contributed by atoms with E-state index in [0.717, 1.165) is 0 Å². The van der Waals surface area contributed by atoms with Crippen LogP contribution in [0, 0.1) is 5.41 Å². The van der Waals surface area contributed by atoms with Gasteiger partial charge < -0.3 is 24.4 Å². The molecular formula is C19H23N3O6. The number of amides is 1. The van der Waals surface area contributed by atoms with Crippen LogP contribution in [0.15, 0.2) is 28.8 Å². The third-order valence-corrected chi connectivity index (χ3v) is 4.79. The Morgan fingerprint density at radius 2 is 1.96 bits per heavy atom. The first-order valence-corrected chi connectivity index (χ1v) is 9.16. The van der Waals surface area contributed by atoms with Crippen molar-refractivity contribution in [3.63, 3.8) is 0 Å². The molecule has 3 rings (SSSR count). The third-order valence-electron chi connectivity index (χ3n) is 4.79. The molecule has 1 fully saturated rings. The molecule has 9 nitrogen and oxygen atoms in total. The van der Waals surface area contributed by atoms with Gasteiger partial charge in [-0.1, -0.05) is 12.1 Å². The fourth-order valence-corrected chi connectivity index (χ4v) is 2.92. The van der Waals surface area contributed by atoms with Crippen molar-refractivity contribution in [2.24, 2.45) is 5.41 Å². The van der Waals surface area contributed by atoms with Crippen LogP contribution >= 0.6 is 0 Å². The lowest BCUT2D eigenvalue weighted by Gasteiger charge is -2.33. The number of rotatable bonds is 8. The zero-order valence-electron chi connectivity index (χ0n) is 15.6. The first-order chi connectivity index (χ1) is 13.5. The lowest BCUT2D eigenvalue weighted by molar-refractivity contribution is -0.154. The Hall–Kier alpha value is -2.94. The molecule has 1 aliphatic heterocycles. The first-order valence-electron chi connectivity index (χ1n) is 9.16. The molecule has 2 N–H and O–H groups in total. The summed E-state index contributed by atoms with van der Waals surface area (Å²) in [5, 5.41) is 16.1. The SMILES string of the molecule is CCc1nc(COc2ccc(C(=O)NCC3(C(=O)O)CCOCC3)cc2)no1. The summed E-state index contributed by atoms with van der Waals surface area (Å²) in [6, 6.07) is 6.57. The number of hydrogen-bond donors (Lipinski definition) is 2. The lowest BCUT2D eigenvalue weighted by Crippen LogP contribution is -2.46. The number of ether oxygens (including phenoxy) is 2. The van der Waals surface area contributed by atoms with E-state index in [2.05, 4.69) is 15.5 Å². The van der Waals surface area contributed by atoms with E-state index in [9.17, 15) is 14.7 Å². The van der Waals surface area contributed by atoms with Crippen molar-refractivity contribution in [3.05, 3.63) is 41.5 Å². The van der Waals surface area contributed by atoms with Crippen molar-refractivity contribution in [2.75, 3.05) is 19.8 Å². The van der Waals surface area contributed by atoms with Crippen LogP contribution in [0.5, 0.6) is 5.75 Å². The molecule has 2 heterocycles. The van der Waals surface area contributed by atoms with Crippen molar-refractivity contribution < 1.29 is 28.7 Å². The minimum absolute atomic E-state index is 0.0698. The van der Waals surface area contributed by atoms with Crippen LogP contribution in [0.1, 0.15) is 41.8 Å². The molecule has 0 aliphatic carbocycles. The van der Waals surface area contributed by atoms with Gasteiger partial charge >= 0.3 is 5.97 Å². The lowest BCUT2D eigenvalue weighted by atomic mass is 9.80. The van der Waals surface area contributed by atoms with Crippen molar-refractivity contribution in [1.29, 1.82) is 0 Å². The zero-order valence-corrected chi connectivity index (χ0v) is 15.6. The Morgan fingerprint density at radius 1 is 1.25 bits per heavy atom. The average molecular weight is 389 g/mol. The Balaban J connectivity index is 1.53. The number of carbonyl (C=O) groups excluding carboxylic acids is 1. The molecule has 28 heavy (non-hydrogen) atoms. The highest BCUT2D eigenvalue weighted by molar-refractivity contribution is 5.94. The first kappa shape index (κ1) is 19.8. The highest BCUT2D eigenvalue weighted by atomic mass is 16.5. The zero-order chi connectivity index (χ0) is 20.0. The molecule has 0 unspecified atom stereocenters. The molecule has 0 bridgehead atoms. The topological polar surface area (TPSA) is 124 Å². The molecular weight excluding hydrogens is 366 g/mol. The van der Waals surface area contributed by atoms with Gasteiger partial charge in [-0.3, -0.25) is 9.59 Å². The summed E-state index contributed by atoms with van der Waals surface area (Å²) < 4.78 is 15.8. The number of nitrogens with zero attached hydrogens (tertiary/aromatic N) is 2. The van der Waals surface area contributed by atoms with Gasteiger partial charge in [-0.15, -0.1) is 0 Å². The van der Waals surface area contributed by atoms with E-state index < -0.39 is 11.4 Å². The number of carboxylic acids is 1. The summed E-state index contributed by atoms with van der Waals surface area (Å²) in [6.07, 6.45) is 1.42. The van der Waals surface area contributed by atoms with Crippen LogP contribution in [0.25, 0.3) is 0 Å². The van der Waals surface area contributed by atoms with Crippen molar-refractivity contribution in [1.82, 2.24) is 15.5 Å². The van der Waals surface area contributed by atoms with Crippen LogP contribution in [0.4, 0.5) is 0 Å². The van der Waals surface area contributed by atoms with Gasteiger partial charge in [-0.05, 0) is 37.1 Å². The highest BCUT2D eigenvalue weighted by Gasteiger charge is 2.40. The van der Waals surface area contributed by atoms with Crippen molar-refractivity contribution >= 4 is 11.9 Å². The Labute approximate surface area is 162 Å². The van der Waals surface area contributed by atoms with Gasteiger partial charge in [0.1, 0.15) is 5.75 Å². The molecule has 1 aliphatic rings. The quantitative estimate of drug-likeness (QED) is 0.701. The van der Waals surface area contributed by atoms with Gasteiger partial charge in [0.15, 0.2) is 6.61 Å². The van der Waals surface area contributed by atoms with Crippen LogP contribution in [-0.4, -0.2) is 46.9 Å². The number of aliphatic carboxylic acids is 1. The molecule has 0 atom stereocenters. The van der Waals surface area contributed by atoms with Crippen LogP contribution in [0.2, 0.25) is 0 Å². The number of nitrogens with one attached hydrogen (secondary N) is 1. The van der Waals surface area contributed by atoms with Crippen LogP contribution < -0.4 is 10.1 Å². The van der Waals surface area contributed by atoms with E-state index in [4.69, 9.17) is 14.0 Å². The number of aryl methyl sites for hydroxylation is 1. The van der Waals surface area contributed by atoms with E-state index in [0.29, 0.717) is 55.5 Å². The Bertz CT molecular complexity index is 811. The molecule has 9 heteroatoms. The number of benzene rings is 1.